The van der Waals surface area contributed by atoms with Crippen molar-refractivity contribution in [2.24, 2.45) is 0 Å². The standard InChI is InChI=1S/C14H18ClNOS/c1-14(2,3)18(17)16-13-6-4-5-10-7-8-11(15)9-12(10)13/h4-5,7-9,13,16H,6H2,1-3H3/t13-,18-/m0/s1. The fraction of sp³-hybridized carbons (Fsp3) is 0.429. The molecule has 0 saturated carbocycles. The number of benzene rings is 1. The lowest BCUT2D eigenvalue weighted by Gasteiger charge is -2.26. The lowest BCUT2D eigenvalue weighted by Crippen LogP contribution is -2.36. The molecule has 1 aliphatic carbocycles. The molecule has 0 saturated heterocycles. The maximum Gasteiger partial charge on any atom is 0.0976 e. The van der Waals surface area contributed by atoms with Gasteiger partial charge in [0.15, 0.2) is 0 Å². The van der Waals surface area contributed by atoms with Gasteiger partial charge in [-0.15, -0.1) is 0 Å². The summed E-state index contributed by atoms with van der Waals surface area (Å²) in [5, 5.41) is 0.720. The van der Waals surface area contributed by atoms with Crippen LogP contribution >= 0.6 is 11.6 Å². The van der Waals surface area contributed by atoms with Crippen LogP contribution < -0.4 is 4.72 Å². The van der Waals surface area contributed by atoms with Gasteiger partial charge in [-0.1, -0.05) is 29.8 Å². The van der Waals surface area contributed by atoms with Crippen LogP contribution in [0.2, 0.25) is 5.02 Å². The molecule has 0 aliphatic heterocycles. The third kappa shape index (κ3) is 3.02. The van der Waals surface area contributed by atoms with E-state index in [4.69, 9.17) is 11.6 Å². The van der Waals surface area contributed by atoms with Crippen molar-refractivity contribution < 1.29 is 4.21 Å². The molecule has 1 aliphatic rings. The first kappa shape index (κ1) is 13.8. The van der Waals surface area contributed by atoms with Crippen LogP contribution in [0.5, 0.6) is 0 Å². The summed E-state index contributed by atoms with van der Waals surface area (Å²) in [5.74, 6) is 0. The summed E-state index contributed by atoms with van der Waals surface area (Å²) in [6.45, 7) is 5.90. The van der Waals surface area contributed by atoms with E-state index in [0.29, 0.717) is 0 Å². The van der Waals surface area contributed by atoms with Crippen LogP contribution in [0.25, 0.3) is 6.08 Å². The second-order valence-electron chi connectivity index (χ2n) is 5.46. The van der Waals surface area contributed by atoms with Crippen molar-refractivity contribution in [1.29, 1.82) is 0 Å². The highest BCUT2D eigenvalue weighted by molar-refractivity contribution is 7.84. The molecule has 18 heavy (non-hydrogen) atoms. The Bertz CT molecular complexity index is 505. The second kappa shape index (κ2) is 5.16. The van der Waals surface area contributed by atoms with Gasteiger partial charge in [0.2, 0.25) is 0 Å². The molecule has 0 unspecified atom stereocenters. The SMILES string of the molecule is CC(C)(C)[S@](=O)N[C@H]1CC=Cc2ccc(Cl)cc21. The third-order valence-electron chi connectivity index (χ3n) is 2.90. The largest absolute Gasteiger partial charge is 0.242 e. The van der Waals surface area contributed by atoms with Crippen LogP contribution in [-0.4, -0.2) is 8.96 Å². The van der Waals surface area contributed by atoms with Crippen molar-refractivity contribution in [2.45, 2.75) is 38.0 Å². The molecule has 0 fully saturated rings. The van der Waals surface area contributed by atoms with E-state index < -0.39 is 11.0 Å². The average molecular weight is 284 g/mol. The maximum absolute atomic E-state index is 12.2. The van der Waals surface area contributed by atoms with Crippen LogP contribution in [0.1, 0.15) is 44.4 Å². The number of rotatable bonds is 2. The van der Waals surface area contributed by atoms with Crippen molar-refractivity contribution in [3.63, 3.8) is 0 Å². The summed E-state index contributed by atoms with van der Waals surface area (Å²) in [4.78, 5) is 0. The van der Waals surface area contributed by atoms with Crippen LogP contribution in [0.3, 0.4) is 0 Å². The van der Waals surface area contributed by atoms with E-state index in [1.807, 2.05) is 39.0 Å². The molecule has 0 radical (unpaired) electrons. The van der Waals surface area contributed by atoms with E-state index in [-0.39, 0.29) is 10.8 Å². The van der Waals surface area contributed by atoms with E-state index in [1.54, 1.807) is 0 Å². The third-order valence-corrected chi connectivity index (χ3v) is 4.74. The summed E-state index contributed by atoms with van der Waals surface area (Å²) in [7, 11) is -1.08. The Morgan fingerprint density at radius 2 is 2.11 bits per heavy atom. The quantitative estimate of drug-likeness (QED) is 0.878. The Morgan fingerprint density at radius 3 is 2.78 bits per heavy atom. The molecule has 0 heterocycles. The Morgan fingerprint density at radius 1 is 1.39 bits per heavy atom. The minimum absolute atomic E-state index is 0.0729. The van der Waals surface area contributed by atoms with Crippen molar-refractivity contribution >= 4 is 28.7 Å². The highest BCUT2D eigenvalue weighted by Crippen LogP contribution is 2.31. The number of fused-ring (bicyclic) bond motifs is 1. The van der Waals surface area contributed by atoms with Crippen molar-refractivity contribution in [3.8, 4) is 0 Å². The van der Waals surface area contributed by atoms with Gasteiger partial charge in [0.1, 0.15) is 0 Å². The topological polar surface area (TPSA) is 29.1 Å². The molecule has 1 aromatic rings. The Hall–Kier alpha value is -0.640. The summed E-state index contributed by atoms with van der Waals surface area (Å²) in [6, 6.07) is 5.91. The monoisotopic (exact) mass is 283 g/mol. The fourth-order valence-electron chi connectivity index (χ4n) is 1.87. The number of nitrogens with one attached hydrogen (secondary N) is 1. The molecule has 2 atom stereocenters. The smallest absolute Gasteiger partial charge is 0.0976 e. The predicted octanol–water partition coefficient (Wildman–Crippen LogP) is 3.85. The first-order valence-electron chi connectivity index (χ1n) is 6.02. The maximum atomic E-state index is 12.2. The Kier molecular flexibility index (Phi) is 3.95. The molecular formula is C14H18ClNOS. The molecule has 98 valence electrons. The average Bonchev–Trinajstić information content (AvgIpc) is 2.28. The van der Waals surface area contributed by atoms with Gasteiger partial charge in [0.25, 0.3) is 0 Å². The molecule has 0 spiro atoms. The van der Waals surface area contributed by atoms with Gasteiger partial charge >= 0.3 is 0 Å². The van der Waals surface area contributed by atoms with Gasteiger partial charge in [-0.2, -0.15) is 0 Å². The van der Waals surface area contributed by atoms with Gasteiger partial charge in [0.05, 0.1) is 15.7 Å². The minimum Gasteiger partial charge on any atom is -0.242 e. The number of halogens is 1. The highest BCUT2D eigenvalue weighted by atomic mass is 35.5. The zero-order chi connectivity index (χ0) is 13.3. The van der Waals surface area contributed by atoms with E-state index in [2.05, 4.69) is 16.9 Å². The summed E-state index contributed by atoms with van der Waals surface area (Å²) >= 11 is 6.04. The molecule has 1 aromatic carbocycles. The van der Waals surface area contributed by atoms with Gasteiger partial charge in [0, 0.05) is 11.1 Å². The highest BCUT2D eigenvalue weighted by Gasteiger charge is 2.25. The molecule has 2 nitrogen and oxygen atoms in total. The number of hydrogen-bond acceptors (Lipinski definition) is 1. The van der Waals surface area contributed by atoms with E-state index >= 15 is 0 Å². The second-order valence-corrected chi connectivity index (χ2v) is 7.90. The molecule has 0 aromatic heterocycles. The normalized spacial score (nSPS) is 20.6. The van der Waals surface area contributed by atoms with E-state index in [0.717, 1.165) is 22.6 Å². The minimum atomic E-state index is -1.08. The van der Waals surface area contributed by atoms with Crippen LogP contribution in [0, 0.1) is 0 Å². The van der Waals surface area contributed by atoms with Crippen molar-refractivity contribution in [1.82, 2.24) is 4.72 Å². The molecule has 4 heteroatoms. The molecule has 1 N–H and O–H groups in total. The van der Waals surface area contributed by atoms with E-state index in [1.165, 1.54) is 0 Å². The van der Waals surface area contributed by atoms with Gasteiger partial charge in [-0.25, -0.2) is 8.93 Å². The first-order chi connectivity index (χ1) is 8.38. The lowest BCUT2D eigenvalue weighted by atomic mass is 9.94. The van der Waals surface area contributed by atoms with Crippen LogP contribution in [0.15, 0.2) is 24.3 Å². The zero-order valence-electron chi connectivity index (χ0n) is 10.9. The van der Waals surface area contributed by atoms with Crippen LogP contribution in [-0.2, 0) is 11.0 Å². The Balaban J connectivity index is 2.25. The zero-order valence-corrected chi connectivity index (χ0v) is 12.4. The lowest BCUT2D eigenvalue weighted by molar-refractivity contribution is 0.599. The van der Waals surface area contributed by atoms with Gasteiger partial charge < -0.3 is 0 Å². The van der Waals surface area contributed by atoms with Crippen LogP contribution in [0.4, 0.5) is 0 Å². The fourth-order valence-corrected chi connectivity index (χ4v) is 2.89. The van der Waals surface area contributed by atoms with Gasteiger partial charge in [-0.05, 0) is 50.5 Å². The summed E-state index contributed by atoms with van der Waals surface area (Å²) in [6.07, 6.45) is 5.03. The van der Waals surface area contributed by atoms with Crippen molar-refractivity contribution in [3.05, 3.63) is 40.4 Å². The first-order valence-corrected chi connectivity index (χ1v) is 7.55. The van der Waals surface area contributed by atoms with Crippen molar-refractivity contribution in [2.75, 3.05) is 0 Å². The Labute approximate surface area is 116 Å². The predicted molar refractivity (Wildman–Crippen MR) is 78.9 cm³/mol. The molecular weight excluding hydrogens is 266 g/mol. The molecule has 0 bridgehead atoms. The van der Waals surface area contributed by atoms with E-state index in [9.17, 15) is 4.21 Å². The van der Waals surface area contributed by atoms with Gasteiger partial charge in [-0.3, -0.25) is 0 Å². The summed E-state index contributed by atoms with van der Waals surface area (Å²) < 4.78 is 15.1. The number of hydrogen-bond donors (Lipinski definition) is 1. The summed E-state index contributed by atoms with van der Waals surface area (Å²) in [5.41, 5.74) is 2.27. The molecule has 2 rings (SSSR count). The molecule has 0 amide bonds.